The summed E-state index contributed by atoms with van der Waals surface area (Å²) in [5.41, 5.74) is 0. The zero-order valence-corrected chi connectivity index (χ0v) is 11.0. The number of carbonyl (C=O) groups is 1. The van der Waals surface area contributed by atoms with Gasteiger partial charge in [0.2, 0.25) is 0 Å². The second-order valence-corrected chi connectivity index (χ2v) is 4.77. The molecule has 1 atom stereocenters. The first-order valence-corrected chi connectivity index (χ1v) is 6.63. The fraction of sp³-hybridized carbons (Fsp3) is 0.583. The Morgan fingerprint density at radius 1 is 1.47 bits per heavy atom. The standard InChI is InChI=1S/C12H18N6O/c1-2-13-10-5-11(16-8-15-10)17-3-4-18-9(7-17)6-14-12(18)19/h5,8-9H,2-4,6-7H2,1H3,(H,14,19)(H,13,15,16). The van der Waals surface area contributed by atoms with E-state index >= 15 is 0 Å². The second kappa shape index (κ2) is 4.91. The van der Waals surface area contributed by atoms with Crippen molar-refractivity contribution in [1.29, 1.82) is 0 Å². The first kappa shape index (κ1) is 12.0. The van der Waals surface area contributed by atoms with Crippen molar-refractivity contribution < 1.29 is 4.79 Å². The lowest BCUT2D eigenvalue weighted by Crippen LogP contribution is -2.52. The lowest BCUT2D eigenvalue weighted by atomic mass is 10.2. The molecule has 1 unspecified atom stereocenters. The van der Waals surface area contributed by atoms with Crippen molar-refractivity contribution in [2.24, 2.45) is 0 Å². The average Bonchev–Trinajstić information content (AvgIpc) is 2.81. The van der Waals surface area contributed by atoms with E-state index in [0.29, 0.717) is 0 Å². The third-order valence-corrected chi connectivity index (χ3v) is 3.57. The average molecular weight is 262 g/mol. The van der Waals surface area contributed by atoms with Gasteiger partial charge in [-0.1, -0.05) is 0 Å². The molecule has 7 heteroatoms. The van der Waals surface area contributed by atoms with Crippen LogP contribution < -0.4 is 15.5 Å². The van der Waals surface area contributed by atoms with E-state index in [1.165, 1.54) is 0 Å². The number of fused-ring (bicyclic) bond motifs is 1. The van der Waals surface area contributed by atoms with E-state index in [4.69, 9.17) is 0 Å². The molecule has 1 aromatic rings. The number of nitrogens with one attached hydrogen (secondary N) is 2. The van der Waals surface area contributed by atoms with Crippen LogP contribution in [0.5, 0.6) is 0 Å². The summed E-state index contributed by atoms with van der Waals surface area (Å²) in [6, 6.07) is 2.27. The predicted octanol–water partition coefficient (Wildman–Crippen LogP) is 0.122. The van der Waals surface area contributed by atoms with Gasteiger partial charge in [0.05, 0.1) is 6.04 Å². The molecule has 19 heavy (non-hydrogen) atoms. The third kappa shape index (κ3) is 2.27. The molecule has 2 aliphatic rings. The van der Waals surface area contributed by atoms with Crippen LogP contribution in [0.3, 0.4) is 0 Å². The van der Waals surface area contributed by atoms with Crippen LogP contribution in [0.25, 0.3) is 0 Å². The maximum atomic E-state index is 11.6. The van der Waals surface area contributed by atoms with Gasteiger partial charge in [0.1, 0.15) is 18.0 Å². The zero-order valence-electron chi connectivity index (χ0n) is 11.0. The van der Waals surface area contributed by atoms with E-state index in [-0.39, 0.29) is 12.1 Å². The molecule has 2 N–H and O–H groups in total. The molecule has 0 spiro atoms. The number of aromatic nitrogens is 2. The minimum Gasteiger partial charge on any atom is -0.370 e. The summed E-state index contributed by atoms with van der Waals surface area (Å²) >= 11 is 0. The monoisotopic (exact) mass is 262 g/mol. The van der Waals surface area contributed by atoms with Gasteiger partial charge in [-0.3, -0.25) is 0 Å². The van der Waals surface area contributed by atoms with Crippen LogP contribution in [0, 0.1) is 0 Å². The predicted molar refractivity (Wildman–Crippen MR) is 72.3 cm³/mol. The van der Waals surface area contributed by atoms with Crippen molar-refractivity contribution in [3.8, 4) is 0 Å². The summed E-state index contributed by atoms with van der Waals surface area (Å²) in [7, 11) is 0. The molecule has 2 amide bonds. The quantitative estimate of drug-likeness (QED) is 0.809. The first-order chi connectivity index (χ1) is 9.28. The molecular formula is C12H18N6O. The van der Waals surface area contributed by atoms with Crippen molar-refractivity contribution in [2.45, 2.75) is 13.0 Å². The van der Waals surface area contributed by atoms with Gasteiger partial charge in [-0.15, -0.1) is 0 Å². The fourth-order valence-corrected chi connectivity index (χ4v) is 2.61. The molecule has 102 valence electrons. The zero-order chi connectivity index (χ0) is 13.2. The maximum Gasteiger partial charge on any atom is 0.317 e. The van der Waals surface area contributed by atoms with Gasteiger partial charge in [0.25, 0.3) is 0 Å². The van der Waals surface area contributed by atoms with Gasteiger partial charge in [-0.25, -0.2) is 14.8 Å². The number of amides is 2. The topological polar surface area (TPSA) is 73.4 Å². The summed E-state index contributed by atoms with van der Waals surface area (Å²) in [6.07, 6.45) is 1.58. The lowest BCUT2D eigenvalue weighted by Gasteiger charge is -2.37. The van der Waals surface area contributed by atoms with Gasteiger partial charge < -0.3 is 20.4 Å². The molecule has 0 aromatic carbocycles. The van der Waals surface area contributed by atoms with Gasteiger partial charge >= 0.3 is 6.03 Å². The van der Waals surface area contributed by atoms with E-state index in [0.717, 1.165) is 44.4 Å². The minimum atomic E-state index is 0.0562. The summed E-state index contributed by atoms with van der Waals surface area (Å²) < 4.78 is 0. The Kier molecular flexibility index (Phi) is 3.10. The van der Waals surface area contributed by atoms with Gasteiger partial charge in [-0.05, 0) is 6.92 Å². The Bertz CT molecular complexity index is 479. The highest BCUT2D eigenvalue weighted by Gasteiger charge is 2.35. The number of piperazine rings is 1. The molecule has 0 aliphatic carbocycles. The summed E-state index contributed by atoms with van der Waals surface area (Å²) in [4.78, 5) is 24.2. The SMILES string of the molecule is CCNc1cc(N2CCN3C(=O)NCC3C2)ncn1. The number of rotatable bonds is 3. The van der Waals surface area contributed by atoms with Crippen LogP contribution in [0.15, 0.2) is 12.4 Å². The molecule has 2 aliphatic heterocycles. The molecule has 2 fully saturated rings. The fourth-order valence-electron chi connectivity index (χ4n) is 2.61. The first-order valence-electron chi connectivity index (χ1n) is 6.63. The van der Waals surface area contributed by atoms with E-state index in [1.807, 2.05) is 17.9 Å². The third-order valence-electron chi connectivity index (χ3n) is 3.57. The Morgan fingerprint density at radius 3 is 3.21 bits per heavy atom. The lowest BCUT2D eigenvalue weighted by molar-refractivity contribution is 0.197. The number of hydrogen-bond donors (Lipinski definition) is 2. The van der Waals surface area contributed by atoms with Crippen LogP contribution in [-0.4, -0.2) is 59.7 Å². The largest absolute Gasteiger partial charge is 0.370 e. The molecule has 0 saturated carbocycles. The van der Waals surface area contributed by atoms with Gasteiger partial charge in [-0.2, -0.15) is 0 Å². The molecule has 3 heterocycles. The minimum absolute atomic E-state index is 0.0562. The number of nitrogens with zero attached hydrogens (tertiary/aromatic N) is 4. The Labute approximate surface area is 112 Å². The Balaban J connectivity index is 1.73. The molecule has 0 radical (unpaired) electrons. The van der Waals surface area contributed by atoms with Gasteiger partial charge in [0, 0.05) is 38.8 Å². The maximum absolute atomic E-state index is 11.6. The van der Waals surface area contributed by atoms with Gasteiger partial charge in [0.15, 0.2) is 0 Å². The molecule has 2 saturated heterocycles. The van der Waals surface area contributed by atoms with Crippen molar-refractivity contribution in [3.63, 3.8) is 0 Å². The molecular weight excluding hydrogens is 244 g/mol. The van der Waals surface area contributed by atoms with Crippen molar-refractivity contribution in [2.75, 3.05) is 42.9 Å². The van der Waals surface area contributed by atoms with Crippen LogP contribution in [0.1, 0.15) is 6.92 Å². The van der Waals surface area contributed by atoms with Crippen LogP contribution in [0.4, 0.5) is 16.4 Å². The Morgan fingerprint density at radius 2 is 2.37 bits per heavy atom. The Hall–Kier alpha value is -2.05. The number of hydrogen-bond acceptors (Lipinski definition) is 5. The number of carbonyl (C=O) groups excluding carboxylic acids is 1. The molecule has 0 bridgehead atoms. The molecule has 7 nitrogen and oxygen atoms in total. The highest BCUT2D eigenvalue weighted by Crippen LogP contribution is 2.20. The van der Waals surface area contributed by atoms with E-state index < -0.39 is 0 Å². The van der Waals surface area contributed by atoms with Crippen LogP contribution in [-0.2, 0) is 0 Å². The van der Waals surface area contributed by atoms with E-state index in [1.54, 1.807) is 6.33 Å². The highest BCUT2D eigenvalue weighted by atomic mass is 16.2. The van der Waals surface area contributed by atoms with Crippen molar-refractivity contribution in [3.05, 3.63) is 12.4 Å². The number of anilines is 2. The summed E-state index contributed by atoms with van der Waals surface area (Å²) in [5.74, 6) is 1.76. The van der Waals surface area contributed by atoms with Crippen molar-refractivity contribution >= 4 is 17.7 Å². The van der Waals surface area contributed by atoms with E-state index in [9.17, 15) is 4.79 Å². The highest BCUT2D eigenvalue weighted by molar-refractivity contribution is 5.77. The molecule has 1 aromatic heterocycles. The second-order valence-electron chi connectivity index (χ2n) is 4.77. The molecule has 3 rings (SSSR count). The summed E-state index contributed by atoms with van der Waals surface area (Å²) in [6.45, 7) is 5.98. The van der Waals surface area contributed by atoms with Crippen molar-refractivity contribution in [1.82, 2.24) is 20.2 Å². The normalized spacial score (nSPS) is 22.2. The van der Waals surface area contributed by atoms with Crippen LogP contribution >= 0.6 is 0 Å². The van der Waals surface area contributed by atoms with E-state index in [2.05, 4.69) is 25.5 Å². The summed E-state index contributed by atoms with van der Waals surface area (Å²) in [5, 5.41) is 6.07. The smallest absolute Gasteiger partial charge is 0.317 e. The van der Waals surface area contributed by atoms with Crippen LogP contribution in [0.2, 0.25) is 0 Å². The number of urea groups is 1.